The van der Waals surface area contributed by atoms with Crippen LogP contribution in [0.4, 0.5) is 5.69 Å². The summed E-state index contributed by atoms with van der Waals surface area (Å²) in [4.78, 5) is 27.1. The maximum atomic E-state index is 14.1. The lowest BCUT2D eigenvalue weighted by atomic mass is 9.79. The van der Waals surface area contributed by atoms with Crippen molar-refractivity contribution in [1.29, 1.82) is 0 Å². The molecule has 2 unspecified atom stereocenters. The van der Waals surface area contributed by atoms with E-state index in [1.54, 1.807) is 0 Å². The molecule has 41 heavy (non-hydrogen) atoms. The standard InChI is InChI=1S/C34H59N3O4/c1-6-11-15-20-25-34(26-24-31(38)40-28-13-8-3)32(33(39)41-29-14-9-4)35(10-5)37(30-22-18-17-19-23-30)36(34)27-21-16-12-7-2/h17-19,22-23,32H,6-16,20-21,24-29H2,1-5H3. The van der Waals surface area contributed by atoms with Gasteiger partial charge in [-0.3, -0.25) is 9.59 Å². The fourth-order valence-corrected chi connectivity index (χ4v) is 6.00. The van der Waals surface area contributed by atoms with Crippen molar-refractivity contribution in [2.24, 2.45) is 0 Å². The van der Waals surface area contributed by atoms with Crippen molar-refractivity contribution >= 4 is 17.6 Å². The average molecular weight is 574 g/mol. The van der Waals surface area contributed by atoms with Crippen LogP contribution in [0.25, 0.3) is 0 Å². The van der Waals surface area contributed by atoms with Crippen LogP contribution in [0.5, 0.6) is 0 Å². The molecule has 1 saturated heterocycles. The minimum Gasteiger partial charge on any atom is -0.466 e. The Hall–Kier alpha value is -2.12. The summed E-state index contributed by atoms with van der Waals surface area (Å²) in [6.45, 7) is 13.1. The van der Waals surface area contributed by atoms with Crippen LogP contribution in [0.2, 0.25) is 0 Å². The van der Waals surface area contributed by atoms with E-state index in [2.05, 4.69) is 74.0 Å². The van der Waals surface area contributed by atoms with Crippen LogP contribution in [0.3, 0.4) is 0 Å². The maximum Gasteiger partial charge on any atom is 0.327 e. The molecule has 1 heterocycles. The Labute approximate surface area is 250 Å². The van der Waals surface area contributed by atoms with Crippen LogP contribution < -0.4 is 5.12 Å². The molecular weight excluding hydrogens is 514 g/mol. The summed E-state index contributed by atoms with van der Waals surface area (Å²) in [5.41, 5.74) is 0.468. The third-order valence-electron chi connectivity index (χ3n) is 8.28. The minimum atomic E-state index is -0.571. The number of likely N-dealkylation sites (N-methyl/N-ethyl adjacent to an activating group) is 1. The Morgan fingerprint density at radius 3 is 1.95 bits per heavy atom. The molecule has 1 aliphatic rings. The van der Waals surface area contributed by atoms with Gasteiger partial charge in [-0.05, 0) is 44.2 Å². The Kier molecular flexibility index (Phi) is 17.0. The van der Waals surface area contributed by atoms with Gasteiger partial charge in [-0.25, -0.2) is 5.12 Å². The molecule has 7 heteroatoms. The molecule has 0 bridgehead atoms. The molecule has 1 aliphatic heterocycles. The molecule has 0 aromatic heterocycles. The topological polar surface area (TPSA) is 62.3 Å². The predicted octanol–water partition coefficient (Wildman–Crippen LogP) is 8.09. The summed E-state index contributed by atoms with van der Waals surface area (Å²) < 4.78 is 11.6. The molecule has 0 N–H and O–H groups in total. The summed E-state index contributed by atoms with van der Waals surface area (Å²) in [6.07, 6.45) is 14.3. The zero-order valence-corrected chi connectivity index (χ0v) is 26.9. The predicted molar refractivity (Wildman–Crippen MR) is 168 cm³/mol. The molecule has 0 amide bonds. The van der Waals surface area contributed by atoms with E-state index in [-0.39, 0.29) is 11.9 Å². The minimum absolute atomic E-state index is 0.170. The zero-order valence-electron chi connectivity index (χ0n) is 26.9. The molecule has 0 saturated carbocycles. The van der Waals surface area contributed by atoms with Gasteiger partial charge in [-0.15, -0.1) is 0 Å². The lowest BCUT2D eigenvalue weighted by molar-refractivity contribution is -0.153. The largest absolute Gasteiger partial charge is 0.466 e. The van der Waals surface area contributed by atoms with Crippen molar-refractivity contribution in [2.45, 2.75) is 143 Å². The number of hydrogen-bond donors (Lipinski definition) is 0. The molecule has 2 rings (SSSR count). The number of carbonyl (C=O) groups is 2. The van der Waals surface area contributed by atoms with Crippen molar-refractivity contribution in [3.8, 4) is 0 Å². The van der Waals surface area contributed by atoms with Crippen molar-refractivity contribution < 1.29 is 19.1 Å². The smallest absolute Gasteiger partial charge is 0.327 e. The lowest BCUT2D eigenvalue weighted by Gasteiger charge is -2.42. The number of hydrazine groups is 2. The summed E-state index contributed by atoms with van der Waals surface area (Å²) in [6, 6.07) is 9.88. The highest BCUT2D eigenvalue weighted by molar-refractivity contribution is 5.79. The van der Waals surface area contributed by atoms with E-state index >= 15 is 0 Å². The summed E-state index contributed by atoms with van der Waals surface area (Å²) in [5, 5.41) is 6.89. The van der Waals surface area contributed by atoms with E-state index in [1.165, 1.54) is 12.8 Å². The number of carbonyl (C=O) groups excluding carboxylic acids is 2. The molecular formula is C34H59N3O4. The third kappa shape index (κ3) is 10.3. The highest BCUT2D eigenvalue weighted by Crippen LogP contribution is 2.45. The number of rotatable bonds is 22. The molecule has 1 aromatic rings. The van der Waals surface area contributed by atoms with Crippen LogP contribution >= 0.6 is 0 Å². The number of esters is 2. The van der Waals surface area contributed by atoms with Gasteiger partial charge in [-0.1, -0.05) is 111 Å². The van der Waals surface area contributed by atoms with Crippen LogP contribution in [-0.2, 0) is 19.1 Å². The summed E-state index contributed by atoms with van der Waals surface area (Å²) in [7, 11) is 0. The second kappa shape index (κ2) is 19.9. The number of para-hydroxylation sites is 1. The van der Waals surface area contributed by atoms with Crippen LogP contribution in [0.1, 0.15) is 131 Å². The molecule has 0 aliphatic carbocycles. The highest BCUT2D eigenvalue weighted by atomic mass is 16.5. The third-order valence-corrected chi connectivity index (χ3v) is 8.28. The van der Waals surface area contributed by atoms with E-state index in [1.807, 2.05) is 6.07 Å². The zero-order chi connectivity index (χ0) is 29.9. The normalized spacial score (nSPS) is 19.5. The number of nitrogens with zero attached hydrogens (tertiary/aromatic N) is 3. The van der Waals surface area contributed by atoms with Gasteiger partial charge >= 0.3 is 11.9 Å². The lowest BCUT2D eigenvalue weighted by Crippen LogP contribution is -2.56. The van der Waals surface area contributed by atoms with E-state index in [4.69, 9.17) is 9.47 Å². The Morgan fingerprint density at radius 2 is 1.34 bits per heavy atom. The fraction of sp³-hybridized carbons (Fsp3) is 0.765. The maximum absolute atomic E-state index is 14.1. The van der Waals surface area contributed by atoms with E-state index < -0.39 is 11.6 Å². The first-order chi connectivity index (χ1) is 20.0. The van der Waals surface area contributed by atoms with E-state index in [0.29, 0.717) is 32.6 Å². The fourth-order valence-electron chi connectivity index (χ4n) is 6.00. The van der Waals surface area contributed by atoms with Gasteiger partial charge in [0.2, 0.25) is 0 Å². The van der Waals surface area contributed by atoms with Crippen molar-refractivity contribution in [3.05, 3.63) is 30.3 Å². The van der Waals surface area contributed by atoms with Crippen molar-refractivity contribution in [2.75, 3.05) is 31.4 Å². The molecule has 2 atom stereocenters. The van der Waals surface area contributed by atoms with Gasteiger partial charge in [0.1, 0.15) is 6.04 Å². The highest BCUT2D eigenvalue weighted by Gasteiger charge is 2.59. The van der Waals surface area contributed by atoms with Gasteiger partial charge in [0, 0.05) is 19.5 Å². The molecule has 7 nitrogen and oxygen atoms in total. The van der Waals surface area contributed by atoms with Crippen LogP contribution in [0, 0.1) is 0 Å². The quantitative estimate of drug-likeness (QED) is 0.103. The second-order valence-corrected chi connectivity index (χ2v) is 11.5. The first-order valence-corrected chi connectivity index (χ1v) is 16.7. The summed E-state index contributed by atoms with van der Waals surface area (Å²) >= 11 is 0. The molecule has 0 spiro atoms. The monoisotopic (exact) mass is 573 g/mol. The van der Waals surface area contributed by atoms with Crippen LogP contribution in [-0.4, -0.2) is 59.8 Å². The number of unbranched alkanes of at least 4 members (excludes halogenated alkanes) is 8. The molecule has 234 valence electrons. The Balaban J connectivity index is 2.59. The van der Waals surface area contributed by atoms with Gasteiger partial charge in [0.25, 0.3) is 0 Å². The number of ether oxygens (including phenoxy) is 2. The Bertz CT molecular complexity index is 852. The summed E-state index contributed by atoms with van der Waals surface area (Å²) in [5.74, 6) is -0.344. The average Bonchev–Trinajstić information content (AvgIpc) is 3.26. The molecule has 1 aromatic carbocycles. The number of anilines is 1. The van der Waals surface area contributed by atoms with Crippen molar-refractivity contribution in [3.63, 3.8) is 0 Å². The first-order valence-electron chi connectivity index (χ1n) is 16.7. The van der Waals surface area contributed by atoms with Gasteiger partial charge < -0.3 is 9.47 Å². The SMILES string of the molecule is CCCCCCN1N(c2ccccc2)N(CC)C(C(=O)OCCCC)C1(CCCCCC)CCC(=O)OCCCC. The first kappa shape index (κ1) is 35.1. The number of benzene rings is 1. The van der Waals surface area contributed by atoms with Gasteiger partial charge in [-0.2, -0.15) is 10.0 Å². The van der Waals surface area contributed by atoms with E-state index in [9.17, 15) is 9.59 Å². The van der Waals surface area contributed by atoms with E-state index in [0.717, 1.165) is 82.9 Å². The second-order valence-electron chi connectivity index (χ2n) is 11.5. The molecule has 1 fully saturated rings. The number of hydrogen-bond acceptors (Lipinski definition) is 7. The Morgan fingerprint density at radius 1 is 0.732 bits per heavy atom. The van der Waals surface area contributed by atoms with Gasteiger partial charge in [0.05, 0.1) is 24.4 Å². The van der Waals surface area contributed by atoms with Crippen molar-refractivity contribution in [1.82, 2.24) is 10.0 Å². The van der Waals surface area contributed by atoms with Crippen LogP contribution in [0.15, 0.2) is 30.3 Å². The molecule has 0 radical (unpaired) electrons. The van der Waals surface area contributed by atoms with Gasteiger partial charge in [0.15, 0.2) is 0 Å².